The first-order chi connectivity index (χ1) is 10.5. The summed E-state index contributed by atoms with van der Waals surface area (Å²) in [6, 6.07) is 5.34. The van der Waals surface area contributed by atoms with Crippen LogP contribution in [-0.4, -0.2) is 48.0 Å². The van der Waals surface area contributed by atoms with Crippen molar-refractivity contribution in [2.45, 2.75) is 12.0 Å². The summed E-state index contributed by atoms with van der Waals surface area (Å²) < 4.78 is 7.20. The lowest BCUT2D eigenvalue weighted by Crippen LogP contribution is -2.42. The highest BCUT2D eigenvalue weighted by atomic mass is 79.9. The second-order valence-electron chi connectivity index (χ2n) is 6.07. The standard InChI is InChI=1S/C16H14BrNO3S/c1-18-5-4-16(7-18)8-22-15-13(20)12(19)10-3-2-9(17)6-11(10)14(15)21-16/h2-3,6H,4-5,7-8H2,1H3. The molecule has 1 aromatic rings. The summed E-state index contributed by atoms with van der Waals surface area (Å²) >= 11 is 4.91. The molecule has 114 valence electrons. The second kappa shape index (κ2) is 4.94. The van der Waals surface area contributed by atoms with Crippen molar-refractivity contribution in [3.05, 3.63) is 38.7 Å². The Labute approximate surface area is 141 Å². The first-order valence-electron chi connectivity index (χ1n) is 7.13. The number of ether oxygens (including phenoxy) is 1. The van der Waals surface area contributed by atoms with E-state index in [1.807, 2.05) is 6.07 Å². The Morgan fingerprint density at radius 3 is 2.82 bits per heavy atom. The van der Waals surface area contributed by atoms with Crippen LogP contribution in [0.15, 0.2) is 27.6 Å². The van der Waals surface area contributed by atoms with Crippen LogP contribution in [0, 0.1) is 0 Å². The Morgan fingerprint density at radius 2 is 2.09 bits per heavy atom. The number of rotatable bonds is 0. The third kappa shape index (κ3) is 2.08. The van der Waals surface area contributed by atoms with Crippen molar-refractivity contribution in [1.29, 1.82) is 0 Å². The monoisotopic (exact) mass is 379 g/mol. The smallest absolute Gasteiger partial charge is 0.243 e. The lowest BCUT2D eigenvalue weighted by Gasteiger charge is -2.37. The molecule has 0 bridgehead atoms. The van der Waals surface area contributed by atoms with Gasteiger partial charge in [0.25, 0.3) is 0 Å². The van der Waals surface area contributed by atoms with E-state index < -0.39 is 11.6 Å². The number of ketones is 2. The Hall–Kier alpha value is -1.11. The second-order valence-corrected chi connectivity index (χ2v) is 7.97. The van der Waals surface area contributed by atoms with E-state index in [-0.39, 0.29) is 5.60 Å². The van der Waals surface area contributed by atoms with Crippen molar-refractivity contribution in [2.75, 3.05) is 25.9 Å². The summed E-state index contributed by atoms with van der Waals surface area (Å²) in [4.78, 5) is 27.3. The van der Waals surface area contributed by atoms with Gasteiger partial charge in [0.15, 0.2) is 0 Å². The fourth-order valence-corrected chi connectivity index (χ4v) is 4.85. The van der Waals surface area contributed by atoms with Crippen molar-refractivity contribution >= 4 is 45.0 Å². The highest BCUT2D eigenvalue weighted by Gasteiger charge is 2.47. The van der Waals surface area contributed by atoms with E-state index in [0.29, 0.717) is 16.2 Å². The summed E-state index contributed by atoms with van der Waals surface area (Å²) in [5.41, 5.74) is 0.921. The largest absolute Gasteiger partial charge is 0.483 e. The van der Waals surface area contributed by atoms with Crippen LogP contribution in [0.25, 0.3) is 5.76 Å². The SMILES string of the molecule is CN1CCC2(CSC3=C(O2)c2cc(Br)ccc2C(=O)C3=O)C1. The number of allylic oxidation sites excluding steroid dienone is 1. The number of carbonyl (C=O) groups excluding carboxylic acids is 2. The number of halogens is 1. The average Bonchev–Trinajstić information content (AvgIpc) is 2.85. The number of fused-ring (bicyclic) bond motifs is 2. The summed E-state index contributed by atoms with van der Waals surface area (Å²) in [5, 5.41) is 0. The van der Waals surface area contributed by atoms with Crippen LogP contribution in [0.1, 0.15) is 22.3 Å². The zero-order chi connectivity index (χ0) is 15.5. The van der Waals surface area contributed by atoms with E-state index in [9.17, 15) is 9.59 Å². The van der Waals surface area contributed by atoms with Crippen LogP contribution in [0.5, 0.6) is 0 Å². The molecule has 1 spiro atoms. The number of likely N-dealkylation sites (N-methyl/N-ethyl adjacent to an activating group) is 1. The van der Waals surface area contributed by atoms with Gasteiger partial charge in [0.1, 0.15) is 16.3 Å². The van der Waals surface area contributed by atoms with Gasteiger partial charge < -0.3 is 9.64 Å². The third-order valence-electron chi connectivity index (χ3n) is 4.39. The van der Waals surface area contributed by atoms with E-state index in [1.54, 1.807) is 12.1 Å². The molecule has 2 aliphatic heterocycles. The van der Waals surface area contributed by atoms with Gasteiger partial charge in [-0.3, -0.25) is 9.59 Å². The predicted octanol–water partition coefficient (Wildman–Crippen LogP) is 2.72. The minimum Gasteiger partial charge on any atom is -0.483 e. The van der Waals surface area contributed by atoms with E-state index in [0.717, 1.165) is 35.3 Å². The zero-order valence-corrected chi connectivity index (χ0v) is 14.4. The van der Waals surface area contributed by atoms with Crippen molar-refractivity contribution in [2.24, 2.45) is 0 Å². The first-order valence-corrected chi connectivity index (χ1v) is 8.91. The molecule has 0 aromatic heterocycles. The molecule has 4 rings (SSSR count). The molecule has 1 atom stereocenters. The molecule has 1 aliphatic carbocycles. The number of Topliss-reactive ketones (excluding diaryl/α,β-unsaturated/α-hetero) is 2. The molecular weight excluding hydrogens is 366 g/mol. The van der Waals surface area contributed by atoms with Crippen LogP contribution < -0.4 is 0 Å². The van der Waals surface area contributed by atoms with Crippen LogP contribution >= 0.6 is 27.7 Å². The fraction of sp³-hybridized carbons (Fsp3) is 0.375. The molecule has 1 fully saturated rings. The molecule has 4 nitrogen and oxygen atoms in total. The predicted molar refractivity (Wildman–Crippen MR) is 88.8 cm³/mol. The van der Waals surface area contributed by atoms with Gasteiger partial charge in [0.05, 0.1) is 0 Å². The van der Waals surface area contributed by atoms with Gasteiger partial charge in [0, 0.05) is 40.9 Å². The van der Waals surface area contributed by atoms with E-state index in [4.69, 9.17) is 4.74 Å². The average molecular weight is 380 g/mol. The van der Waals surface area contributed by atoms with Gasteiger partial charge in [-0.25, -0.2) is 0 Å². The van der Waals surface area contributed by atoms with Crippen LogP contribution in [-0.2, 0) is 9.53 Å². The lowest BCUT2D eigenvalue weighted by molar-refractivity contribution is -0.111. The maximum atomic E-state index is 12.3. The zero-order valence-electron chi connectivity index (χ0n) is 12.0. The summed E-state index contributed by atoms with van der Waals surface area (Å²) in [6.45, 7) is 1.84. The molecule has 0 radical (unpaired) electrons. The Balaban J connectivity index is 1.84. The van der Waals surface area contributed by atoms with Gasteiger partial charge in [-0.05, 0) is 25.2 Å². The highest BCUT2D eigenvalue weighted by molar-refractivity contribution is 9.10. The maximum absolute atomic E-state index is 12.3. The van der Waals surface area contributed by atoms with Crippen molar-refractivity contribution in [3.63, 3.8) is 0 Å². The van der Waals surface area contributed by atoms with Gasteiger partial charge in [0.2, 0.25) is 11.6 Å². The molecule has 0 N–H and O–H groups in total. The number of hydrogen-bond donors (Lipinski definition) is 0. The molecule has 1 unspecified atom stereocenters. The molecule has 22 heavy (non-hydrogen) atoms. The van der Waals surface area contributed by atoms with E-state index in [2.05, 4.69) is 27.9 Å². The van der Waals surface area contributed by atoms with Crippen LogP contribution in [0.4, 0.5) is 0 Å². The Morgan fingerprint density at radius 1 is 1.27 bits per heavy atom. The summed E-state index contributed by atoms with van der Waals surface area (Å²) in [5.74, 6) is 0.443. The van der Waals surface area contributed by atoms with Crippen molar-refractivity contribution < 1.29 is 14.3 Å². The van der Waals surface area contributed by atoms with E-state index >= 15 is 0 Å². The van der Waals surface area contributed by atoms with Crippen LogP contribution in [0.2, 0.25) is 0 Å². The number of thioether (sulfide) groups is 1. The normalized spacial score (nSPS) is 27.9. The molecule has 3 aliphatic rings. The van der Waals surface area contributed by atoms with Gasteiger partial charge in [-0.1, -0.05) is 15.9 Å². The minimum absolute atomic E-state index is 0.251. The number of benzene rings is 1. The molecule has 1 saturated heterocycles. The molecule has 6 heteroatoms. The quantitative estimate of drug-likeness (QED) is 0.648. The van der Waals surface area contributed by atoms with Crippen molar-refractivity contribution in [1.82, 2.24) is 4.90 Å². The molecule has 0 amide bonds. The van der Waals surface area contributed by atoms with Crippen LogP contribution in [0.3, 0.4) is 0 Å². The number of nitrogens with zero attached hydrogens (tertiary/aromatic N) is 1. The third-order valence-corrected chi connectivity index (χ3v) is 6.22. The van der Waals surface area contributed by atoms with Gasteiger partial charge >= 0.3 is 0 Å². The first kappa shape index (κ1) is 14.5. The summed E-state index contributed by atoms with van der Waals surface area (Å²) in [6.07, 6.45) is 0.943. The minimum atomic E-state index is -0.434. The topological polar surface area (TPSA) is 46.6 Å². The molecule has 1 aromatic carbocycles. The number of hydrogen-bond acceptors (Lipinski definition) is 5. The Bertz CT molecular complexity index is 745. The lowest BCUT2D eigenvalue weighted by atomic mass is 9.93. The van der Waals surface area contributed by atoms with Gasteiger partial charge in [-0.15, -0.1) is 11.8 Å². The van der Waals surface area contributed by atoms with Crippen molar-refractivity contribution in [3.8, 4) is 0 Å². The van der Waals surface area contributed by atoms with Gasteiger partial charge in [-0.2, -0.15) is 0 Å². The number of likely N-dealkylation sites (tertiary alicyclic amines) is 1. The molecular formula is C16H14BrNO3S. The Kier molecular flexibility index (Phi) is 3.25. The molecule has 2 heterocycles. The summed E-state index contributed by atoms with van der Waals surface area (Å²) in [7, 11) is 2.08. The fourth-order valence-electron chi connectivity index (χ4n) is 3.28. The van der Waals surface area contributed by atoms with E-state index in [1.165, 1.54) is 11.8 Å². The highest BCUT2D eigenvalue weighted by Crippen LogP contribution is 2.47. The molecule has 0 saturated carbocycles. The number of carbonyl (C=O) groups is 2. The maximum Gasteiger partial charge on any atom is 0.243 e.